The van der Waals surface area contributed by atoms with Crippen LogP contribution >= 0.6 is 0 Å². The Bertz CT molecular complexity index is 877. The highest BCUT2D eigenvalue weighted by Gasteiger charge is 2.32. The third-order valence-electron chi connectivity index (χ3n) is 3.44. The summed E-state index contributed by atoms with van der Waals surface area (Å²) in [5.41, 5.74) is -2.49. The molecular formula is C18H15F7N2O2. The highest BCUT2D eigenvalue weighted by molar-refractivity contribution is 5.94. The summed E-state index contributed by atoms with van der Waals surface area (Å²) in [5, 5.41) is 4.31. The van der Waals surface area contributed by atoms with Crippen LogP contribution in [0.2, 0.25) is 0 Å². The van der Waals surface area contributed by atoms with E-state index >= 15 is 0 Å². The fourth-order valence-electron chi connectivity index (χ4n) is 1.99. The molecule has 0 aliphatic rings. The van der Waals surface area contributed by atoms with Gasteiger partial charge in [0.1, 0.15) is 5.82 Å². The van der Waals surface area contributed by atoms with Gasteiger partial charge in [-0.3, -0.25) is 9.59 Å². The molecule has 158 valence electrons. The molecule has 0 fully saturated rings. The van der Waals surface area contributed by atoms with Crippen LogP contribution in [0.25, 0.3) is 0 Å². The van der Waals surface area contributed by atoms with Gasteiger partial charge in [0.25, 0.3) is 11.8 Å². The van der Waals surface area contributed by atoms with Crippen LogP contribution in [0.1, 0.15) is 31.8 Å². The molecule has 11 heteroatoms. The molecular weight excluding hydrogens is 409 g/mol. The fourth-order valence-corrected chi connectivity index (χ4v) is 1.99. The molecule has 0 saturated heterocycles. The van der Waals surface area contributed by atoms with Gasteiger partial charge in [-0.2, -0.15) is 26.3 Å². The smallest absolute Gasteiger partial charge is 0.355 e. The maximum atomic E-state index is 13.0. The first-order valence-electron chi connectivity index (χ1n) is 7.79. The molecule has 0 aliphatic heterocycles. The number of benzene rings is 2. The van der Waals surface area contributed by atoms with Crippen molar-refractivity contribution in [3.05, 3.63) is 70.5 Å². The van der Waals surface area contributed by atoms with Gasteiger partial charge in [-0.1, -0.05) is 6.07 Å². The second-order valence-corrected chi connectivity index (χ2v) is 5.43. The predicted octanol–water partition coefficient (Wildman–Crippen LogP) is 4.27. The Morgan fingerprint density at radius 2 is 1.28 bits per heavy atom. The number of rotatable bonds is 2. The SMILES string of the molecule is CNC(=O)c1cc(C(F)(F)F)ccc1F.CNC(=O)c1cccc(C(F)(F)F)c1. The Balaban J connectivity index is 0.000000291. The van der Waals surface area contributed by atoms with Crippen LogP contribution in [0, 0.1) is 5.82 Å². The quantitative estimate of drug-likeness (QED) is 0.708. The number of carbonyl (C=O) groups is 2. The fraction of sp³-hybridized carbons (Fsp3) is 0.222. The van der Waals surface area contributed by atoms with Gasteiger partial charge in [-0.25, -0.2) is 4.39 Å². The summed E-state index contributed by atoms with van der Waals surface area (Å²) in [6, 6.07) is 5.95. The van der Waals surface area contributed by atoms with Crippen molar-refractivity contribution in [2.75, 3.05) is 14.1 Å². The number of hydrogen-bond donors (Lipinski definition) is 2. The lowest BCUT2D eigenvalue weighted by atomic mass is 10.1. The lowest BCUT2D eigenvalue weighted by Gasteiger charge is -2.08. The Morgan fingerprint density at radius 3 is 1.76 bits per heavy atom. The zero-order valence-electron chi connectivity index (χ0n) is 15.0. The van der Waals surface area contributed by atoms with Gasteiger partial charge >= 0.3 is 12.4 Å². The van der Waals surface area contributed by atoms with Crippen molar-refractivity contribution in [3.63, 3.8) is 0 Å². The summed E-state index contributed by atoms with van der Waals surface area (Å²) in [6.45, 7) is 0. The van der Waals surface area contributed by atoms with E-state index in [0.717, 1.165) is 12.1 Å². The van der Waals surface area contributed by atoms with Gasteiger partial charge in [0.05, 0.1) is 16.7 Å². The molecule has 0 spiro atoms. The van der Waals surface area contributed by atoms with Crippen LogP contribution in [-0.2, 0) is 12.4 Å². The maximum Gasteiger partial charge on any atom is 0.416 e. The predicted molar refractivity (Wildman–Crippen MR) is 89.6 cm³/mol. The van der Waals surface area contributed by atoms with E-state index in [4.69, 9.17) is 0 Å². The van der Waals surface area contributed by atoms with Crippen LogP contribution in [0.4, 0.5) is 30.7 Å². The van der Waals surface area contributed by atoms with Crippen molar-refractivity contribution >= 4 is 11.8 Å². The minimum Gasteiger partial charge on any atom is -0.355 e. The number of alkyl halides is 6. The standard InChI is InChI=1S/C9H7F4NO.C9H8F3NO/c1-14-8(15)6-4-5(9(11,12)13)2-3-7(6)10;1-13-8(14)6-3-2-4-7(5-6)9(10,11)12/h2-4H,1H3,(H,14,15);2-5H,1H3,(H,13,14). The molecule has 2 rings (SSSR count). The molecule has 0 bridgehead atoms. The molecule has 0 unspecified atom stereocenters. The third-order valence-corrected chi connectivity index (χ3v) is 3.44. The van der Waals surface area contributed by atoms with Crippen molar-refractivity contribution < 1.29 is 40.3 Å². The van der Waals surface area contributed by atoms with Gasteiger partial charge in [0.2, 0.25) is 0 Å². The lowest BCUT2D eigenvalue weighted by molar-refractivity contribution is -0.138. The van der Waals surface area contributed by atoms with E-state index in [-0.39, 0.29) is 5.56 Å². The van der Waals surface area contributed by atoms with E-state index in [9.17, 15) is 40.3 Å². The molecule has 2 aromatic rings. The molecule has 0 aliphatic carbocycles. The second-order valence-electron chi connectivity index (χ2n) is 5.43. The van der Waals surface area contributed by atoms with Crippen LogP contribution < -0.4 is 10.6 Å². The van der Waals surface area contributed by atoms with E-state index in [1.54, 1.807) is 0 Å². The van der Waals surface area contributed by atoms with Gasteiger partial charge in [0, 0.05) is 19.7 Å². The Morgan fingerprint density at radius 1 is 0.759 bits per heavy atom. The van der Waals surface area contributed by atoms with Gasteiger partial charge in [-0.05, 0) is 36.4 Å². The number of halogens is 7. The van der Waals surface area contributed by atoms with E-state index in [1.807, 2.05) is 0 Å². The highest BCUT2D eigenvalue weighted by Crippen LogP contribution is 2.30. The first kappa shape index (κ1) is 23.9. The lowest BCUT2D eigenvalue weighted by Crippen LogP contribution is -2.20. The second kappa shape index (κ2) is 9.39. The van der Waals surface area contributed by atoms with Crippen LogP contribution in [0.15, 0.2) is 42.5 Å². The normalized spacial score (nSPS) is 11.2. The van der Waals surface area contributed by atoms with Crippen LogP contribution in [0.5, 0.6) is 0 Å². The van der Waals surface area contributed by atoms with Crippen molar-refractivity contribution in [2.45, 2.75) is 12.4 Å². The molecule has 2 N–H and O–H groups in total. The number of hydrogen-bond acceptors (Lipinski definition) is 2. The molecule has 0 heterocycles. The molecule has 29 heavy (non-hydrogen) atoms. The Kier molecular flexibility index (Phi) is 7.75. The number of nitrogens with one attached hydrogen (secondary N) is 2. The van der Waals surface area contributed by atoms with Gasteiger partial charge < -0.3 is 10.6 Å². The summed E-state index contributed by atoms with van der Waals surface area (Å²) in [7, 11) is 2.57. The molecule has 2 amide bonds. The van der Waals surface area contributed by atoms with E-state index < -0.39 is 46.7 Å². The molecule has 0 aromatic heterocycles. The summed E-state index contributed by atoms with van der Waals surface area (Å²) in [6.07, 6.45) is -9.00. The van der Waals surface area contributed by atoms with Gasteiger partial charge in [-0.15, -0.1) is 0 Å². The molecule has 0 radical (unpaired) electrons. The zero-order chi connectivity index (χ0) is 22.4. The van der Waals surface area contributed by atoms with Crippen LogP contribution in [-0.4, -0.2) is 25.9 Å². The van der Waals surface area contributed by atoms with Crippen molar-refractivity contribution in [3.8, 4) is 0 Å². The average molecular weight is 424 g/mol. The summed E-state index contributed by atoms with van der Waals surface area (Å²) in [5.74, 6) is -2.41. The minimum atomic E-state index is -4.59. The molecule has 0 atom stereocenters. The zero-order valence-corrected chi connectivity index (χ0v) is 15.0. The van der Waals surface area contributed by atoms with Crippen molar-refractivity contribution in [2.24, 2.45) is 0 Å². The molecule has 0 saturated carbocycles. The van der Waals surface area contributed by atoms with Gasteiger partial charge in [0.15, 0.2) is 0 Å². The summed E-state index contributed by atoms with van der Waals surface area (Å²) >= 11 is 0. The average Bonchev–Trinajstić information content (AvgIpc) is 2.66. The van der Waals surface area contributed by atoms with Crippen LogP contribution in [0.3, 0.4) is 0 Å². The first-order chi connectivity index (χ1) is 13.3. The first-order valence-corrected chi connectivity index (χ1v) is 7.79. The van der Waals surface area contributed by atoms with Crippen molar-refractivity contribution in [1.82, 2.24) is 10.6 Å². The topological polar surface area (TPSA) is 58.2 Å². The minimum absolute atomic E-state index is 0.00215. The van der Waals surface area contributed by atoms with E-state index in [1.165, 1.54) is 26.2 Å². The summed E-state index contributed by atoms with van der Waals surface area (Å²) in [4.78, 5) is 22.0. The molecule has 2 aromatic carbocycles. The highest BCUT2D eigenvalue weighted by atomic mass is 19.4. The van der Waals surface area contributed by atoms with E-state index in [2.05, 4.69) is 10.6 Å². The maximum absolute atomic E-state index is 13.0. The molecule has 4 nitrogen and oxygen atoms in total. The summed E-state index contributed by atoms with van der Waals surface area (Å²) < 4.78 is 86.2. The monoisotopic (exact) mass is 424 g/mol. The van der Waals surface area contributed by atoms with Crippen molar-refractivity contribution in [1.29, 1.82) is 0 Å². The number of carbonyl (C=O) groups excluding carboxylic acids is 2. The number of amides is 2. The Hall–Kier alpha value is -3.11. The largest absolute Gasteiger partial charge is 0.416 e. The third kappa shape index (κ3) is 6.77. The van der Waals surface area contributed by atoms with E-state index in [0.29, 0.717) is 18.2 Å². The Labute approximate surface area is 160 Å².